The number of imide groups is 1. The Bertz CT molecular complexity index is 2550. The number of nitrogens with one attached hydrogen (secondary N) is 2. The number of amides is 6. The number of hydrogen-bond acceptors (Lipinski definition) is 15. The smallest absolute Gasteiger partial charge is 0.410 e. The molecule has 0 spiro atoms. The zero-order chi connectivity index (χ0) is 64.1. The van der Waals surface area contributed by atoms with E-state index in [1.165, 1.54) is 35.7 Å². The third-order valence-corrected chi connectivity index (χ3v) is 18.6. The summed E-state index contributed by atoms with van der Waals surface area (Å²) in [6.45, 7) is 19.6. The van der Waals surface area contributed by atoms with E-state index in [1.807, 2.05) is 106 Å². The fraction of sp³-hybridized carbons (Fsp3) is 0.682. The lowest BCUT2D eigenvalue weighted by Gasteiger charge is -2.41. The van der Waals surface area contributed by atoms with Gasteiger partial charge in [-0.3, -0.25) is 43.3 Å². The molecule has 2 heterocycles. The molecule has 0 radical (unpaired) electrons. The van der Waals surface area contributed by atoms with Crippen molar-refractivity contribution in [3.05, 3.63) is 65.7 Å². The maximum atomic E-state index is 14.8. The van der Waals surface area contributed by atoms with Crippen molar-refractivity contribution in [3.8, 4) is 0 Å². The SMILES string of the molecule is CC[C@H](C)[C@@H]([C@@H](CC(=O)N1CCC[C@H]1[C@H](OC)[C@@H](C)C(=O)C[C@H](C)[C@@H](O)c1ccccc1)OC)N(C)C(=O)[C@@H](CC(=O)[C@H](C(C)C)N(C)C(=O)OCc1ccc(NCC(=O)[C@@H](NC(=O)CCCCCN2C(=O)CC(SC)C2=O)C(C)C)cc1)C(C)C. The summed E-state index contributed by atoms with van der Waals surface area (Å²) in [6.07, 6.45) is 3.27. The molecule has 2 aromatic carbocycles. The summed E-state index contributed by atoms with van der Waals surface area (Å²) >= 11 is 1.38. The highest BCUT2D eigenvalue weighted by atomic mass is 32.2. The number of ketones is 3. The van der Waals surface area contributed by atoms with Crippen LogP contribution in [-0.2, 0) is 59.2 Å². The molecule has 1 unspecified atom stereocenters. The number of unbranched alkanes of at least 4 members (excludes halogenated alkanes) is 2. The molecule has 0 aliphatic carbocycles. The Kier molecular flexibility index (Phi) is 29.9. The average molecular weight is 1220 g/mol. The van der Waals surface area contributed by atoms with Crippen LogP contribution in [0.2, 0.25) is 0 Å². The minimum absolute atomic E-state index is 0.0317. The molecule has 3 N–H and O–H groups in total. The first kappa shape index (κ1) is 72.8. The first-order valence-corrected chi connectivity index (χ1v) is 32.3. The first-order valence-electron chi connectivity index (χ1n) is 31.0. The van der Waals surface area contributed by atoms with Crippen LogP contribution in [-0.4, -0.2) is 174 Å². The molecule has 6 amide bonds. The number of aliphatic hydroxyl groups is 1. The number of nitrogens with zero attached hydrogens (tertiary/aromatic N) is 4. The number of carbonyl (C=O) groups excluding carboxylic acids is 9. The Labute approximate surface area is 516 Å². The maximum Gasteiger partial charge on any atom is 0.410 e. The van der Waals surface area contributed by atoms with Crippen molar-refractivity contribution in [2.24, 2.45) is 41.4 Å². The molecular weight excluding hydrogens is 1120 g/mol. The molecule has 2 saturated heterocycles. The topological polar surface area (TPSA) is 239 Å². The van der Waals surface area contributed by atoms with Crippen LogP contribution in [0.25, 0.3) is 0 Å². The van der Waals surface area contributed by atoms with Gasteiger partial charge in [0.25, 0.3) is 0 Å². The predicted molar refractivity (Wildman–Crippen MR) is 335 cm³/mol. The number of carbonyl (C=O) groups is 9. The highest BCUT2D eigenvalue weighted by Gasteiger charge is 2.44. The summed E-state index contributed by atoms with van der Waals surface area (Å²) in [4.78, 5) is 128. The van der Waals surface area contributed by atoms with E-state index >= 15 is 0 Å². The Morgan fingerprint density at radius 1 is 0.767 bits per heavy atom. The summed E-state index contributed by atoms with van der Waals surface area (Å²) in [5.74, 6) is -4.06. The molecule has 4 rings (SSSR count). The number of likely N-dealkylation sites (tertiary alicyclic amines) is 2. The monoisotopic (exact) mass is 1220 g/mol. The van der Waals surface area contributed by atoms with Crippen molar-refractivity contribution in [2.75, 3.05) is 59.5 Å². The number of ether oxygens (including phenoxy) is 3. The van der Waals surface area contributed by atoms with E-state index < -0.39 is 54.4 Å². The molecular formula is C66H102N6O13S. The number of thioether (sulfide) groups is 1. The van der Waals surface area contributed by atoms with Crippen LogP contribution in [0.1, 0.15) is 157 Å². The van der Waals surface area contributed by atoms with Gasteiger partial charge in [-0.25, -0.2) is 4.79 Å². The lowest BCUT2D eigenvalue weighted by Crippen LogP contribution is -2.54. The van der Waals surface area contributed by atoms with Gasteiger partial charge in [0.05, 0.1) is 60.7 Å². The van der Waals surface area contributed by atoms with E-state index in [1.54, 1.807) is 48.2 Å². The van der Waals surface area contributed by atoms with Crippen LogP contribution in [0.15, 0.2) is 54.6 Å². The van der Waals surface area contributed by atoms with Gasteiger partial charge in [-0.15, -0.1) is 0 Å². The summed E-state index contributed by atoms with van der Waals surface area (Å²) in [5.41, 5.74) is 2.05. The number of rotatable bonds is 37. The molecule has 2 aromatic rings. The van der Waals surface area contributed by atoms with E-state index in [-0.39, 0.29) is 133 Å². The summed E-state index contributed by atoms with van der Waals surface area (Å²) in [6, 6.07) is 13.7. The van der Waals surface area contributed by atoms with Crippen LogP contribution in [0, 0.1) is 41.4 Å². The fourth-order valence-corrected chi connectivity index (χ4v) is 12.9. The number of likely N-dealkylation sites (N-methyl/N-ethyl adjacent to an activating group) is 2. The van der Waals surface area contributed by atoms with Crippen LogP contribution >= 0.6 is 11.8 Å². The fourth-order valence-electron chi connectivity index (χ4n) is 12.2. The molecule has 2 fully saturated rings. The first-order chi connectivity index (χ1) is 40.7. The molecule has 0 bridgehead atoms. The van der Waals surface area contributed by atoms with E-state index in [2.05, 4.69) is 10.6 Å². The van der Waals surface area contributed by atoms with Gasteiger partial charge in [0.2, 0.25) is 29.5 Å². The van der Waals surface area contributed by atoms with Gasteiger partial charge in [0, 0.05) is 84.6 Å². The quantitative estimate of drug-likeness (QED) is 0.0423. The summed E-state index contributed by atoms with van der Waals surface area (Å²) < 4.78 is 17.9. The number of hydrogen-bond donors (Lipinski definition) is 3. The molecule has 2 aliphatic heterocycles. The van der Waals surface area contributed by atoms with E-state index in [0.29, 0.717) is 56.4 Å². The molecule has 2 aliphatic rings. The number of benzene rings is 2. The van der Waals surface area contributed by atoms with Gasteiger partial charge in [-0.05, 0) is 84.8 Å². The van der Waals surface area contributed by atoms with Crippen LogP contribution < -0.4 is 10.6 Å². The van der Waals surface area contributed by atoms with Gasteiger partial charge in [-0.2, -0.15) is 11.8 Å². The highest BCUT2D eigenvalue weighted by molar-refractivity contribution is 8.00. The molecule has 12 atom stereocenters. The van der Waals surface area contributed by atoms with E-state index in [4.69, 9.17) is 14.2 Å². The minimum Gasteiger partial charge on any atom is -0.445 e. The second kappa shape index (κ2) is 35.3. The van der Waals surface area contributed by atoms with Crippen LogP contribution in [0.4, 0.5) is 10.5 Å². The molecule has 480 valence electrons. The minimum atomic E-state index is -0.911. The van der Waals surface area contributed by atoms with E-state index in [9.17, 15) is 48.3 Å². The second-order valence-corrected chi connectivity index (χ2v) is 25.9. The molecule has 0 aromatic heterocycles. The van der Waals surface area contributed by atoms with Crippen molar-refractivity contribution < 1.29 is 62.5 Å². The van der Waals surface area contributed by atoms with Crippen molar-refractivity contribution in [1.82, 2.24) is 24.9 Å². The molecule has 86 heavy (non-hydrogen) atoms. The molecule has 20 heteroatoms. The van der Waals surface area contributed by atoms with Crippen LogP contribution in [0.5, 0.6) is 0 Å². The summed E-state index contributed by atoms with van der Waals surface area (Å²) in [5, 5.41) is 16.7. The molecule has 0 saturated carbocycles. The number of methoxy groups -OCH3 is 2. The van der Waals surface area contributed by atoms with Gasteiger partial charge in [0.15, 0.2) is 11.6 Å². The Morgan fingerprint density at radius 2 is 1.43 bits per heavy atom. The van der Waals surface area contributed by atoms with E-state index in [0.717, 1.165) is 12.0 Å². The van der Waals surface area contributed by atoms with Gasteiger partial charge >= 0.3 is 6.09 Å². The number of anilines is 1. The highest BCUT2D eigenvalue weighted by Crippen LogP contribution is 2.34. The third kappa shape index (κ3) is 20.2. The van der Waals surface area contributed by atoms with Gasteiger partial charge < -0.3 is 44.7 Å². The Hall–Kier alpha value is -5.70. The Balaban J connectivity index is 1.32. The largest absolute Gasteiger partial charge is 0.445 e. The van der Waals surface area contributed by atoms with Crippen molar-refractivity contribution in [2.45, 2.75) is 194 Å². The zero-order valence-corrected chi connectivity index (χ0v) is 54.8. The zero-order valence-electron chi connectivity index (χ0n) is 54.0. The second-order valence-electron chi connectivity index (χ2n) is 24.9. The van der Waals surface area contributed by atoms with Gasteiger partial charge in [0.1, 0.15) is 12.4 Å². The van der Waals surface area contributed by atoms with Crippen molar-refractivity contribution in [1.29, 1.82) is 0 Å². The van der Waals surface area contributed by atoms with Gasteiger partial charge in [-0.1, -0.05) is 125 Å². The third-order valence-electron chi connectivity index (χ3n) is 17.7. The number of Topliss-reactive ketones (excluding diaryl/α,β-unsaturated/α-hetero) is 3. The maximum absolute atomic E-state index is 14.8. The van der Waals surface area contributed by atoms with Crippen LogP contribution in [0.3, 0.4) is 0 Å². The standard InChI is InChI=1S/C66H102N6O13S/c1-16-43(8)61(54(83-13)36-57(77)71-33-23-26-50(71)63(84-14)45(10)51(73)34-44(9)62(79)47-24-19-17-20-25-47)69(11)64(80)49(40(2)3)35-52(74)60(42(6)7)70(12)66(82)85-39-46-28-30-48(31-29-46)67-38-53(75)59(41(4)5)68-56(76)27-21-18-22-32-72-58(78)37-55(86-15)65(72)81/h17,19-20,24-25,28-31,40-45,49-50,54-55,59-63,67,79H,16,18,21-23,26-27,32-39H2,1-15H3,(H,68,76)/t43-,44-,45-,49-,50-,54+,55?,59-,60-,61-,62+,63+/m0/s1. The molecule has 19 nitrogen and oxygen atoms in total. The predicted octanol–water partition coefficient (Wildman–Crippen LogP) is 8.93. The number of aliphatic hydroxyl groups excluding tert-OH is 1. The van der Waals surface area contributed by atoms with Crippen molar-refractivity contribution in [3.63, 3.8) is 0 Å². The van der Waals surface area contributed by atoms with Crippen molar-refractivity contribution >= 4 is 70.4 Å². The Morgan fingerprint density at radius 3 is 2.00 bits per heavy atom. The lowest BCUT2D eigenvalue weighted by atomic mass is 9.83. The summed E-state index contributed by atoms with van der Waals surface area (Å²) in [7, 11) is 6.32. The lowest BCUT2D eigenvalue weighted by molar-refractivity contribution is -0.149. The average Bonchev–Trinajstić information content (AvgIpc) is 2.64. The normalized spacial score (nSPS) is 18.9.